The van der Waals surface area contributed by atoms with Gasteiger partial charge in [-0.05, 0) is 60.9 Å². The number of alkyl halides is 3. The highest BCUT2D eigenvalue weighted by Crippen LogP contribution is 2.27. The van der Waals surface area contributed by atoms with Crippen molar-refractivity contribution in [1.82, 2.24) is 15.3 Å². The van der Waals surface area contributed by atoms with E-state index in [0.717, 1.165) is 5.57 Å². The van der Waals surface area contributed by atoms with E-state index in [2.05, 4.69) is 22.1 Å². The van der Waals surface area contributed by atoms with E-state index in [1.54, 1.807) is 37.9 Å². The van der Waals surface area contributed by atoms with Gasteiger partial charge in [0.05, 0.1) is 23.3 Å². The van der Waals surface area contributed by atoms with Crippen LogP contribution in [0.2, 0.25) is 0 Å². The van der Waals surface area contributed by atoms with Crippen LogP contribution in [0.1, 0.15) is 41.8 Å². The quantitative estimate of drug-likeness (QED) is 0.185. The molecule has 0 atom stereocenters. The highest BCUT2D eigenvalue weighted by atomic mass is 19.4. The molecule has 0 aliphatic carbocycles. The van der Waals surface area contributed by atoms with Crippen molar-refractivity contribution in [3.05, 3.63) is 94.5 Å². The average molecular weight is 569 g/mol. The first kappa shape index (κ1) is 31.1. The van der Waals surface area contributed by atoms with Crippen LogP contribution in [-0.2, 0) is 6.42 Å². The highest BCUT2D eigenvalue weighted by molar-refractivity contribution is 6.04. The lowest BCUT2D eigenvalue weighted by Crippen LogP contribution is -2.49. The molecule has 1 aliphatic rings. The van der Waals surface area contributed by atoms with Crippen molar-refractivity contribution < 1.29 is 22.4 Å². The number of amides is 1. The van der Waals surface area contributed by atoms with E-state index in [1.807, 2.05) is 11.0 Å². The molecule has 7 nitrogen and oxygen atoms in total. The topological polar surface area (TPSA) is 84.6 Å². The minimum absolute atomic E-state index is 0.0113. The third-order valence-electron chi connectivity index (χ3n) is 6.49. The first-order valence-electron chi connectivity index (χ1n) is 13.0. The lowest BCUT2D eigenvalue weighted by atomic mass is 9.95. The van der Waals surface area contributed by atoms with Crippen LogP contribution >= 0.6 is 0 Å². The van der Waals surface area contributed by atoms with Gasteiger partial charge in [-0.1, -0.05) is 24.3 Å². The van der Waals surface area contributed by atoms with E-state index < -0.39 is 24.3 Å². The van der Waals surface area contributed by atoms with Crippen LogP contribution in [0.25, 0.3) is 0 Å². The Kier molecular flexibility index (Phi) is 10.4. The molecule has 0 bridgehead atoms. The molecule has 41 heavy (non-hydrogen) atoms. The number of piperazine rings is 1. The van der Waals surface area contributed by atoms with Crippen LogP contribution in [0.4, 0.5) is 23.4 Å². The second-order valence-electron chi connectivity index (χ2n) is 9.70. The van der Waals surface area contributed by atoms with Crippen LogP contribution in [0, 0.1) is 17.1 Å². The summed E-state index contributed by atoms with van der Waals surface area (Å²) >= 11 is 0. The van der Waals surface area contributed by atoms with Crippen molar-refractivity contribution in [2.24, 2.45) is 5.10 Å². The van der Waals surface area contributed by atoms with E-state index in [1.165, 1.54) is 36.5 Å². The van der Waals surface area contributed by atoms with Gasteiger partial charge in [-0.3, -0.25) is 4.79 Å². The maximum atomic E-state index is 14.9. The fourth-order valence-corrected chi connectivity index (χ4v) is 4.43. The molecule has 2 aromatic rings. The van der Waals surface area contributed by atoms with Crippen molar-refractivity contribution in [2.75, 3.05) is 38.1 Å². The van der Waals surface area contributed by atoms with Gasteiger partial charge in [-0.15, -0.1) is 0 Å². The number of hydrogen-bond donors (Lipinski definition) is 1. The molecule has 1 N–H and O–H groups in total. The third kappa shape index (κ3) is 8.51. The molecule has 0 saturated carbocycles. The van der Waals surface area contributed by atoms with Gasteiger partial charge in [-0.25, -0.2) is 9.37 Å². The van der Waals surface area contributed by atoms with Crippen molar-refractivity contribution in [1.29, 1.82) is 5.26 Å². The lowest BCUT2D eigenvalue weighted by molar-refractivity contribution is -0.126. The highest BCUT2D eigenvalue weighted by Gasteiger charge is 2.28. The number of halogens is 4. The predicted octanol–water partition coefficient (Wildman–Crippen LogP) is 5.57. The molecule has 1 aliphatic heterocycles. The van der Waals surface area contributed by atoms with Crippen molar-refractivity contribution in [2.45, 2.75) is 32.9 Å². The summed E-state index contributed by atoms with van der Waals surface area (Å²) in [4.78, 5) is 21.2. The van der Waals surface area contributed by atoms with Gasteiger partial charge in [0.15, 0.2) is 0 Å². The number of nitriles is 1. The van der Waals surface area contributed by atoms with E-state index in [0.29, 0.717) is 54.4 Å². The molecule has 11 heteroatoms. The lowest BCUT2D eigenvalue weighted by Gasteiger charge is -2.35. The minimum atomic E-state index is -4.40. The molecule has 1 fully saturated rings. The zero-order valence-corrected chi connectivity index (χ0v) is 23.2. The van der Waals surface area contributed by atoms with E-state index in [4.69, 9.17) is 5.26 Å². The number of benzene rings is 1. The number of nitrogens with zero attached hydrogens (tertiary/aromatic N) is 5. The molecular weight excluding hydrogens is 536 g/mol. The summed E-state index contributed by atoms with van der Waals surface area (Å²) in [6.07, 6.45) is -1.33. The molecule has 1 aromatic heterocycles. The van der Waals surface area contributed by atoms with Gasteiger partial charge < -0.3 is 15.2 Å². The summed E-state index contributed by atoms with van der Waals surface area (Å²) in [5, 5.41) is 13.2. The number of hydrazone groups is 1. The summed E-state index contributed by atoms with van der Waals surface area (Å²) < 4.78 is 54.0. The largest absolute Gasteiger partial charge is 0.393 e. The Morgan fingerprint density at radius 2 is 1.90 bits per heavy atom. The van der Waals surface area contributed by atoms with Crippen LogP contribution < -0.4 is 10.3 Å². The third-order valence-corrected chi connectivity index (χ3v) is 6.49. The Bertz CT molecular complexity index is 1390. The first-order valence-corrected chi connectivity index (χ1v) is 13.0. The van der Waals surface area contributed by atoms with Gasteiger partial charge in [-0.2, -0.15) is 23.5 Å². The van der Waals surface area contributed by atoms with E-state index in [9.17, 15) is 22.4 Å². The number of hydrogen-bond acceptors (Lipinski definition) is 6. The van der Waals surface area contributed by atoms with Gasteiger partial charge in [0.2, 0.25) is 0 Å². The van der Waals surface area contributed by atoms with E-state index >= 15 is 0 Å². The second kappa shape index (κ2) is 13.7. The average Bonchev–Trinajstić information content (AvgIpc) is 2.95. The molecule has 0 radical (unpaired) electrons. The fourth-order valence-electron chi connectivity index (χ4n) is 4.43. The molecule has 216 valence electrons. The number of rotatable bonds is 9. The fraction of sp³-hybridized carbons (Fsp3) is 0.333. The standard InChI is InChI=1S/C30H32F4N6O/c1-5-21(17-30(32,33)34)14-24(20(2)3)27(38-36-4)16-22-6-8-26(31)25(15-22)29(41)40-12-10-39(11-13-40)28-9-7-23(18-35)19-37-28/h5-9,14-15,19,36H,1,10-13,16-17H2,2-4H3/b21-14+,38-27-. The first-order chi connectivity index (χ1) is 19.4. The number of allylic oxidation sites excluding steroid dienone is 5. The Hall–Kier alpha value is -4.46. The van der Waals surface area contributed by atoms with Crippen molar-refractivity contribution in [3.8, 4) is 6.07 Å². The maximum absolute atomic E-state index is 14.9. The number of pyridine rings is 1. The normalized spacial score (nSPS) is 14.4. The number of carbonyl (C=O) groups is 1. The van der Waals surface area contributed by atoms with Gasteiger partial charge in [0.25, 0.3) is 5.91 Å². The van der Waals surface area contributed by atoms with Gasteiger partial charge >= 0.3 is 6.18 Å². The van der Waals surface area contributed by atoms with Crippen LogP contribution in [0.3, 0.4) is 0 Å². The summed E-state index contributed by atoms with van der Waals surface area (Å²) in [6, 6.07) is 9.67. The van der Waals surface area contributed by atoms with Crippen molar-refractivity contribution in [3.63, 3.8) is 0 Å². The number of anilines is 1. The molecule has 1 amide bonds. The molecule has 0 spiro atoms. The smallest absolute Gasteiger partial charge is 0.353 e. The molecule has 0 unspecified atom stereocenters. The Morgan fingerprint density at radius 1 is 1.20 bits per heavy atom. The predicted molar refractivity (Wildman–Crippen MR) is 151 cm³/mol. The Morgan fingerprint density at radius 3 is 2.44 bits per heavy atom. The number of aromatic nitrogens is 1. The van der Waals surface area contributed by atoms with Crippen LogP contribution in [-0.4, -0.2) is 60.9 Å². The summed E-state index contributed by atoms with van der Waals surface area (Å²) in [7, 11) is 1.57. The number of nitrogens with one attached hydrogen (secondary N) is 1. The minimum Gasteiger partial charge on any atom is -0.353 e. The molecular formula is C30H32F4N6O. The summed E-state index contributed by atoms with van der Waals surface area (Å²) in [6.45, 7) is 8.73. The summed E-state index contributed by atoms with van der Waals surface area (Å²) in [5.41, 5.74) is 5.27. The number of carbonyl (C=O) groups excluding carboxylic acids is 1. The molecule has 1 saturated heterocycles. The zero-order valence-electron chi connectivity index (χ0n) is 23.2. The van der Waals surface area contributed by atoms with Crippen LogP contribution in [0.5, 0.6) is 0 Å². The monoisotopic (exact) mass is 568 g/mol. The van der Waals surface area contributed by atoms with Crippen LogP contribution in [0.15, 0.2) is 77.1 Å². The van der Waals surface area contributed by atoms with Gasteiger partial charge in [0.1, 0.15) is 17.7 Å². The second-order valence-corrected chi connectivity index (χ2v) is 9.70. The Labute approximate surface area is 237 Å². The molecule has 1 aromatic carbocycles. The maximum Gasteiger partial charge on any atom is 0.393 e. The van der Waals surface area contributed by atoms with Gasteiger partial charge in [0, 0.05) is 45.8 Å². The Balaban J connectivity index is 1.80. The molecule has 3 rings (SSSR count). The SMILES string of the molecule is C=C/C(=C\C(=C(C)C)/C(Cc1ccc(F)c(C(=O)N2CCN(c3ccc(C#N)cn3)CC2)c1)=N\NC)CC(F)(F)F. The zero-order chi connectivity index (χ0) is 30.2. The summed E-state index contributed by atoms with van der Waals surface area (Å²) in [5.74, 6) is -0.423. The molecule has 2 heterocycles. The van der Waals surface area contributed by atoms with Crippen molar-refractivity contribution >= 4 is 17.4 Å². The van der Waals surface area contributed by atoms with E-state index in [-0.39, 0.29) is 17.6 Å².